The molecule has 98 valence electrons. The first-order valence-electron chi connectivity index (χ1n) is 6.12. The van der Waals surface area contributed by atoms with Crippen LogP contribution in [-0.2, 0) is 0 Å². The SMILES string of the molecule is CC(O)C1CCN(c2ncccc2[N+](=O)[O-])CC1. The van der Waals surface area contributed by atoms with Gasteiger partial charge in [-0.05, 0) is 31.7 Å². The molecule has 1 aliphatic heterocycles. The normalized spacial score (nSPS) is 18.7. The number of pyridine rings is 1. The van der Waals surface area contributed by atoms with E-state index in [4.69, 9.17) is 0 Å². The third-order valence-corrected chi connectivity index (χ3v) is 3.48. The predicted octanol–water partition coefficient (Wildman–Crippen LogP) is 1.59. The van der Waals surface area contributed by atoms with E-state index in [1.54, 1.807) is 19.2 Å². The summed E-state index contributed by atoms with van der Waals surface area (Å²) in [4.78, 5) is 16.6. The minimum absolute atomic E-state index is 0.0491. The Hall–Kier alpha value is -1.69. The van der Waals surface area contributed by atoms with Gasteiger partial charge >= 0.3 is 5.69 Å². The number of rotatable bonds is 3. The highest BCUT2D eigenvalue weighted by molar-refractivity contribution is 5.57. The molecule has 0 radical (unpaired) electrons. The van der Waals surface area contributed by atoms with Crippen molar-refractivity contribution in [1.82, 2.24) is 4.98 Å². The van der Waals surface area contributed by atoms with E-state index in [0.29, 0.717) is 18.9 Å². The summed E-state index contributed by atoms with van der Waals surface area (Å²) >= 11 is 0. The Morgan fingerprint density at radius 3 is 2.78 bits per heavy atom. The van der Waals surface area contributed by atoms with Crippen molar-refractivity contribution >= 4 is 11.5 Å². The molecule has 1 aromatic rings. The number of anilines is 1. The number of nitro groups is 1. The standard InChI is InChI=1S/C12H17N3O3/c1-9(16)10-4-7-14(8-5-10)12-11(15(17)18)3-2-6-13-12/h2-3,6,9-10,16H,4-5,7-8H2,1H3. The van der Waals surface area contributed by atoms with Gasteiger partial charge in [-0.15, -0.1) is 0 Å². The molecule has 6 nitrogen and oxygen atoms in total. The highest BCUT2D eigenvalue weighted by Crippen LogP contribution is 2.29. The summed E-state index contributed by atoms with van der Waals surface area (Å²) in [6.07, 6.45) is 2.94. The molecule has 18 heavy (non-hydrogen) atoms. The van der Waals surface area contributed by atoms with Crippen molar-refractivity contribution in [3.63, 3.8) is 0 Å². The second kappa shape index (κ2) is 5.30. The second-order valence-electron chi connectivity index (χ2n) is 4.67. The van der Waals surface area contributed by atoms with Crippen LogP contribution in [0.4, 0.5) is 11.5 Å². The van der Waals surface area contributed by atoms with Gasteiger partial charge in [0.05, 0.1) is 11.0 Å². The minimum Gasteiger partial charge on any atom is -0.393 e. The predicted molar refractivity (Wildman–Crippen MR) is 67.5 cm³/mol. The van der Waals surface area contributed by atoms with Gasteiger partial charge in [-0.1, -0.05) is 0 Å². The van der Waals surface area contributed by atoms with Gasteiger partial charge in [-0.2, -0.15) is 0 Å². The molecule has 0 bridgehead atoms. The van der Waals surface area contributed by atoms with Crippen molar-refractivity contribution in [3.05, 3.63) is 28.4 Å². The number of aromatic nitrogens is 1. The third kappa shape index (κ3) is 2.59. The molecular weight excluding hydrogens is 234 g/mol. The van der Waals surface area contributed by atoms with Crippen molar-refractivity contribution in [1.29, 1.82) is 0 Å². The summed E-state index contributed by atoms with van der Waals surface area (Å²) in [6, 6.07) is 3.05. The third-order valence-electron chi connectivity index (χ3n) is 3.48. The molecule has 1 aliphatic rings. The Labute approximate surface area is 105 Å². The maximum Gasteiger partial charge on any atom is 0.311 e. The fraction of sp³-hybridized carbons (Fsp3) is 0.583. The molecule has 1 N–H and O–H groups in total. The van der Waals surface area contributed by atoms with Crippen molar-refractivity contribution in [3.8, 4) is 0 Å². The molecule has 1 fully saturated rings. The Kier molecular flexibility index (Phi) is 3.76. The smallest absolute Gasteiger partial charge is 0.311 e. The maximum atomic E-state index is 10.9. The van der Waals surface area contributed by atoms with Crippen molar-refractivity contribution in [2.45, 2.75) is 25.9 Å². The zero-order chi connectivity index (χ0) is 13.1. The molecule has 0 aromatic carbocycles. The van der Waals surface area contributed by atoms with Gasteiger partial charge in [-0.3, -0.25) is 10.1 Å². The van der Waals surface area contributed by atoms with Crippen LogP contribution in [0.2, 0.25) is 0 Å². The fourth-order valence-corrected chi connectivity index (χ4v) is 2.37. The van der Waals surface area contributed by atoms with Crippen LogP contribution in [-0.4, -0.2) is 34.2 Å². The lowest BCUT2D eigenvalue weighted by molar-refractivity contribution is -0.384. The van der Waals surface area contributed by atoms with Gasteiger partial charge in [0, 0.05) is 25.4 Å². The Bertz CT molecular complexity index is 428. The van der Waals surface area contributed by atoms with E-state index >= 15 is 0 Å². The summed E-state index contributed by atoms with van der Waals surface area (Å²) in [5.74, 6) is 0.718. The zero-order valence-corrected chi connectivity index (χ0v) is 10.3. The van der Waals surface area contributed by atoms with Gasteiger partial charge in [0.2, 0.25) is 5.82 Å². The van der Waals surface area contributed by atoms with Crippen LogP contribution in [0.5, 0.6) is 0 Å². The first-order chi connectivity index (χ1) is 8.59. The molecule has 1 aromatic heterocycles. The van der Waals surface area contributed by atoms with Gasteiger partial charge < -0.3 is 10.0 Å². The lowest BCUT2D eigenvalue weighted by Crippen LogP contribution is -2.37. The number of piperidine rings is 1. The summed E-state index contributed by atoms with van der Waals surface area (Å²) < 4.78 is 0. The van der Waals surface area contributed by atoms with Crippen LogP contribution in [0.15, 0.2) is 18.3 Å². The van der Waals surface area contributed by atoms with Crippen LogP contribution in [0.3, 0.4) is 0 Å². The van der Waals surface area contributed by atoms with Crippen LogP contribution >= 0.6 is 0 Å². The number of aliphatic hydroxyl groups is 1. The van der Waals surface area contributed by atoms with E-state index in [2.05, 4.69) is 4.98 Å². The van der Waals surface area contributed by atoms with Gasteiger partial charge in [0.1, 0.15) is 0 Å². The average Bonchev–Trinajstić information content (AvgIpc) is 2.39. The highest BCUT2D eigenvalue weighted by atomic mass is 16.6. The molecule has 6 heteroatoms. The highest BCUT2D eigenvalue weighted by Gasteiger charge is 2.27. The van der Waals surface area contributed by atoms with E-state index in [1.165, 1.54) is 6.07 Å². The van der Waals surface area contributed by atoms with Crippen molar-refractivity contribution < 1.29 is 10.0 Å². The number of nitrogens with zero attached hydrogens (tertiary/aromatic N) is 3. The maximum absolute atomic E-state index is 10.9. The quantitative estimate of drug-likeness (QED) is 0.651. The molecule has 1 atom stereocenters. The zero-order valence-electron chi connectivity index (χ0n) is 10.3. The van der Waals surface area contributed by atoms with Crippen LogP contribution in [0.25, 0.3) is 0 Å². The summed E-state index contributed by atoms with van der Waals surface area (Å²) in [5, 5.41) is 20.5. The second-order valence-corrected chi connectivity index (χ2v) is 4.67. The number of hydrogen-bond acceptors (Lipinski definition) is 5. The van der Waals surface area contributed by atoms with Crippen LogP contribution in [0.1, 0.15) is 19.8 Å². The lowest BCUT2D eigenvalue weighted by Gasteiger charge is -2.33. The summed E-state index contributed by atoms with van der Waals surface area (Å²) in [5.41, 5.74) is 0.0491. The number of aliphatic hydroxyl groups excluding tert-OH is 1. The van der Waals surface area contributed by atoms with E-state index in [1.807, 2.05) is 4.90 Å². The molecule has 0 saturated carbocycles. The lowest BCUT2D eigenvalue weighted by atomic mass is 9.92. The first-order valence-corrected chi connectivity index (χ1v) is 6.12. The molecule has 0 spiro atoms. The van der Waals surface area contributed by atoms with Crippen molar-refractivity contribution in [2.75, 3.05) is 18.0 Å². The average molecular weight is 251 g/mol. The molecule has 2 rings (SSSR count). The molecule has 0 aliphatic carbocycles. The fourth-order valence-electron chi connectivity index (χ4n) is 2.37. The van der Waals surface area contributed by atoms with Crippen molar-refractivity contribution in [2.24, 2.45) is 5.92 Å². The van der Waals surface area contributed by atoms with Gasteiger partial charge in [0.25, 0.3) is 0 Å². The summed E-state index contributed by atoms with van der Waals surface area (Å²) in [6.45, 7) is 3.20. The van der Waals surface area contributed by atoms with Gasteiger partial charge in [0.15, 0.2) is 0 Å². The Morgan fingerprint density at radius 1 is 1.56 bits per heavy atom. The van der Waals surface area contributed by atoms with E-state index in [0.717, 1.165) is 12.8 Å². The Balaban J connectivity index is 2.12. The summed E-state index contributed by atoms with van der Waals surface area (Å²) in [7, 11) is 0. The van der Waals surface area contributed by atoms with Crippen LogP contribution in [0, 0.1) is 16.0 Å². The van der Waals surface area contributed by atoms with E-state index in [9.17, 15) is 15.2 Å². The topological polar surface area (TPSA) is 79.5 Å². The van der Waals surface area contributed by atoms with Crippen LogP contribution < -0.4 is 4.90 Å². The molecule has 2 heterocycles. The largest absolute Gasteiger partial charge is 0.393 e. The first kappa shape index (κ1) is 12.8. The Morgan fingerprint density at radius 2 is 2.22 bits per heavy atom. The molecule has 1 saturated heterocycles. The van der Waals surface area contributed by atoms with E-state index < -0.39 is 4.92 Å². The molecule has 0 amide bonds. The van der Waals surface area contributed by atoms with E-state index in [-0.39, 0.29) is 17.7 Å². The van der Waals surface area contributed by atoms with Gasteiger partial charge in [-0.25, -0.2) is 4.98 Å². The monoisotopic (exact) mass is 251 g/mol. The minimum atomic E-state index is -0.400. The number of hydrogen-bond donors (Lipinski definition) is 1. The molecular formula is C12H17N3O3. The molecule has 1 unspecified atom stereocenters.